The number of pyridine rings is 2. The van der Waals surface area contributed by atoms with Gasteiger partial charge in [0, 0.05) is 18.6 Å². The Morgan fingerprint density at radius 3 is 2.44 bits per heavy atom. The molecular weight excluding hydrogens is 347 g/mol. The van der Waals surface area contributed by atoms with Crippen molar-refractivity contribution in [3.8, 4) is 0 Å². The van der Waals surface area contributed by atoms with E-state index in [1.54, 1.807) is 48.8 Å². The van der Waals surface area contributed by atoms with Gasteiger partial charge in [-0.2, -0.15) is 0 Å². The van der Waals surface area contributed by atoms with Crippen LogP contribution in [0.25, 0.3) is 11.0 Å². The summed E-state index contributed by atoms with van der Waals surface area (Å²) < 4.78 is 16.1. The first-order valence-electron chi connectivity index (χ1n) is 8.35. The lowest BCUT2D eigenvalue weighted by Gasteiger charge is -2.14. The molecule has 0 saturated carbocycles. The summed E-state index contributed by atoms with van der Waals surface area (Å²) in [6.45, 7) is 0.216. The maximum atomic E-state index is 13.6. The fraction of sp³-hybridized carbons (Fsp3) is 0.100. The highest BCUT2D eigenvalue weighted by atomic mass is 19.1. The van der Waals surface area contributed by atoms with Crippen molar-refractivity contribution in [2.24, 2.45) is 0 Å². The summed E-state index contributed by atoms with van der Waals surface area (Å²) >= 11 is 0. The molecule has 6 nitrogen and oxygen atoms in total. The quantitative estimate of drug-likeness (QED) is 0.558. The van der Waals surface area contributed by atoms with Gasteiger partial charge in [-0.05, 0) is 41.5 Å². The molecule has 0 N–H and O–H groups in total. The van der Waals surface area contributed by atoms with Crippen molar-refractivity contribution in [2.45, 2.75) is 13.1 Å². The van der Waals surface area contributed by atoms with Gasteiger partial charge >= 0.3 is 5.69 Å². The predicted molar refractivity (Wildman–Crippen MR) is 99.1 cm³/mol. The molecule has 7 heteroatoms. The van der Waals surface area contributed by atoms with Crippen molar-refractivity contribution in [1.29, 1.82) is 0 Å². The number of nitrogens with zero attached hydrogens (tertiary/aromatic N) is 4. The summed E-state index contributed by atoms with van der Waals surface area (Å²) in [6.07, 6.45) is 4.73. The van der Waals surface area contributed by atoms with Gasteiger partial charge in [-0.25, -0.2) is 14.2 Å². The molecule has 0 atom stereocenters. The Morgan fingerprint density at radius 1 is 0.889 bits per heavy atom. The van der Waals surface area contributed by atoms with E-state index in [4.69, 9.17) is 0 Å². The second-order valence-corrected chi connectivity index (χ2v) is 6.12. The van der Waals surface area contributed by atoms with E-state index in [1.165, 1.54) is 22.9 Å². The number of rotatable bonds is 4. The van der Waals surface area contributed by atoms with Crippen LogP contribution < -0.4 is 11.2 Å². The number of halogens is 1. The highest BCUT2D eigenvalue weighted by molar-refractivity contribution is 5.73. The standard InChI is InChI=1S/C20H15FN4O2/c21-16-6-1-4-14(10-16)12-24-17-7-3-9-23-18(17)19(26)25(20(24)27)13-15-5-2-8-22-11-15/h1-11H,12-13H2. The van der Waals surface area contributed by atoms with Gasteiger partial charge in [-0.15, -0.1) is 0 Å². The van der Waals surface area contributed by atoms with Crippen LogP contribution in [0.2, 0.25) is 0 Å². The molecule has 0 unspecified atom stereocenters. The first-order chi connectivity index (χ1) is 13.1. The molecule has 0 aliphatic carbocycles. The summed E-state index contributed by atoms with van der Waals surface area (Å²) in [7, 11) is 0. The van der Waals surface area contributed by atoms with E-state index in [9.17, 15) is 14.0 Å². The molecule has 0 saturated heterocycles. The van der Waals surface area contributed by atoms with Gasteiger partial charge in [0.15, 0.2) is 5.52 Å². The smallest absolute Gasteiger partial charge is 0.287 e. The average Bonchev–Trinajstić information content (AvgIpc) is 2.69. The third-order valence-electron chi connectivity index (χ3n) is 4.28. The van der Waals surface area contributed by atoms with Crippen LogP contribution >= 0.6 is 0 Å². The molecule has 0 bridgehead atoms. The number of hydrogen-bond donors (Lipinski definition) is 0. The van der Waals surface area contributed by atoms with Crippen LogP contribution in [-0.2, 0) is 13.1 Å². The zero-order chi connectivity index (χ0) is 18.8. The van der Waals surface area contributed by atoms with Gasteiger partial charge in [0.1, 0.15) is 5.82 Å². The van der Waals surface area contributed by atoms with Crippen LogP contribution in [0.15, 0.2) is 76.7 Å². The molecule has 0 radical (unpaired) electrons. The number of aromatic nitrogens is 4. The molecule has 4 aromatic rings. The Morgan fingerprint density at radius 2 is 1.67 bits per heavy atom. The van der Waals surface area contributed by atoms with E-state index in [2.05, 4.69) is 9.97 Å². The van der Waals surface area contributed by atoms with Crippen LogP contribution in [0, 0.1) is 5.82 Å². The maximum Gasteiger partial charge on any atom is 0.332 e. The molecule has 0 aliphatic heterocycles. The molecule has 0 spiro atoms. The minimum absolute atomic E-state index is 0.0845. The van der Waals surface area contributed by atoms with Crippen molar-refractivity contribution in [1.82, 2.24) is 19.1 Å². The van der Waals surface area contributed by atoms with Gasteiger partial charge in [-0.1, -0.05) is 18.2 Å². The van der Waals surface area contributed by atoms with E-state index in [1.807, 2.05) is 0 Å². The third-order valence-corrected chi connectivity index (χ3v) is 4.28. The Hall–Kier alpha value is -3.61. The summed E-state index contributed by atoms with van der Waals surface area (Å²) in [5, 5.41) is 0. The minimum atomic E-state index is -0.478. The Balaban J connectivity index is 1.92. The van der Waals surface area contributed by atoms with E-state index < -0.39 is 11.2 Å². The third kappa shape index (κ3) is 3.27. The van der Waals surface area contributed by atoms with Crippen LogP contribution in [0.3, 0.4) is 0 Å². The van der Waals surface area contributed by atoms with Crippen LogP contribution in [0.5, 0.6) is 0 Å². The number of benzene rings is 1. The summed E-state index contributed by atoms with van der Waals surface area (Å²) in [5.41, 5.74) is 1.01. The predicted octanol–water partition coefficient (Wildman–Crippen LogP) is 2.19. The average molecular weight is 362 g/mol. The van der Waals surface area contributed by atoms with Crippen molar-refractivity contribution >= 4 is 11.0 Å². The highest BCUT2D eigenvalue weighted by Crippen LogP contribution is 2.10. The van der Waals surface area contributed by atoms with E-state index in [-0.39, 0.29) is 24.4 Å². The van der Waals surface area contributed by atoms with Crippen molar-refractivity contribution in [3.63, 3.8) is 0 Å². The van der Waals surface area contributed by atoms with Crippen molar-refractivity contribution < 1.29 is 4.39 Å². The fourth-order valence-corrected chi connectivity index (χ4v) is 3.03. The van der Waals surface area contributed by atoms with Gasteiger partial charge in [0.2, 0.25) is 0 Å². The topological polar surface area (TPSA) is 69.8 Å². The zero-order valence-corrected chi connectivity index (χ0v) is 14.2. The molecule has 0 amide bonds. The van der Waals surface area contributed by atoms with Crippen LogP contribution in [0.1, 0.15) is 11.1 Å². The van der Waals surface area contributed by atoms with Gasteiger partial charge in [0.05, 0.1) is 18.6 Å². The van der Waals surface area contributed by atoms with Gasteiger partial charge in [0.25, 0.3) is 5.56 Å². The lowest BCUT2D eigenvalue weighted by atomic mass is 10.2. The second kappa shape index (κ2) is 6.95. The molecule has 134 valence electrons. The molecule has 27 heavy (non-hydrogen) atoms. The van der Waals surface area contributed by atoms with E-state index in [0.717, 1.165) is 10.1 Å². The Kier molecular flexibility index (Phi) is 4.33. The zero-order valence-electron chi connectivity index (χ0n) is 14.2. The lowest BCUT2D eigenvalue weighted by molar-refractivity contribution is 0.614. The van der Waals surface area contributed by atoms with Gasteiger partial charge < -0.3 is 0 Å². The lowest BCUT2D eigenvalue weighted by Crippen LogP contribution is -2.40. The first-order valence-corrected chi connectivity index (χ1v) is 8.35. The summed E-state index contributed by atoms with van der Waals surface area (Å²) in [4.78, 5) is 34.1. The molecule has 1 aromatic carbocycles. The largest absolute Gasteiger partial charge is 0.332 e. The Labute approximate surface area is 153 Å². The SMILES string of the molecule is O=c1c2ncccc2n(Cc2cccc(F)c2)c(=O)n1Cc1cccnc1. The van der Waals surface area contributed by atoms with Crippen molar-refractivity contribution in [2.75, 3.05) is 0 Å². The molecule has 3 aromatic heterocycles. The molecule has 0 fully saturated rings. The van der Waals surface area contributed by atoms with Crippen LogP contribution in [0.4, 0.5) is 4.39 Å². The molecule has 3 heterocycles. The van der Waals surface area contributed by atoms with Crippen molar-refractivity contribution in [3.05, 3.63) is 105 Å². The van der Waals surface area contributed by atoms with E-state index >= 15 is 0 Å². The fourth-order valence-electron chi connectivity index (χ4n) is 3.03. The number of fused-ring (bicyclic) bond motifs is 1. The monoisotopic (exact) mass is 362 g/mol. The second-order valence-electron chi connectivity index (χ2n) is 6.12. The molecule has 0 aliphatic rings. The number of hydrogen-bond acceptors (Lipinski definition) is 4. The normalized spacial score (nSPS) is 11.0. The van der Waals surface area contributed by atoms with Gasteiger partial charge in [-0.3, -0.25) is 18.9 Å². The first kappa shape index (κ1) is 16.8. The summed E-state index contributed by atoms with van der Waals surface area (Å²) in [6, 6.07) is 12.9. The minimum Gasteiger partial charge on any atom is -0.287 e. The Bertz CT molecular complexity index is 1230. The summed E-state index contributed by atoms with van der Waals surface area (Å²) in [5.74, 6) is -0.383. The van der Waals surface area contributed by atoms with E-state index in [0.29, 0.717) is 11.1 Å². The highest BCUT2D eigenvalue weighted by Gasteiger charge is 2.14. The van der Waals surface area contributed by atoms with Crippen LogP contribution in [-0.4, -0.2) is 19.1 Å². The molecular formula is C20H15FN4O2. The maximum absolute atomic E-state index is 13.6. The molecule has 4 rings (SSSR count).